The lowest BCUT2D eigenvalue weighted by Gasteiger charge is -2.04. The largest absolute Gasteiger partial charge is 0.462 e. The van der Waals surface area contributed by atoms with E-state index in [4.69, 9.17) is 9.15 Å². The molecule has 1 amide bonds. The lowest BCUT2D eigenvalue weighted by Crippen LogP contribution is -2.15. The molecule has 0 aromatic carbocycles. The van der Waals surface area contributed by atoms with Crippen LogP contribution in [0.3, 0.4) is 0 Å². The van der Waals surface area contributed by atoms with Gasteiger partial charge in [0.05, 0.1) is 19.3 Å². The monoisotopic (exact) mass is 269 g/mol. The first-order chi connectivity index (χ1) is 8.92. The summed E-state index contributed by atoms with van der Waals surface area (Å²) in [5.41, 5.74) is -0.0119. The van der Waals surface area contributed by atoms with Gasteiger partial charge in [0.15, 0.2) is 5.78 Å². The third kappa shape index (κ3) is 3.12. The minimum absolute atomic E-state index is 0.0878. The van der Waals surface area contributed by atoms with E-state index in [0.29, 0.717) is 0 Å². The molecule has 0 saturated heterocycles. The highest BCUT2D eigenvalue weighted by Crippen LogP contribution is 2.28. The predicted molar refractivity (Wildman–Crippen MR) is 65.4 cm³/mol. The van der Waals surface area contributed by atoms with Gasteiger partial charge in [-0.15, -0.1) is 0 Å². The number of Topliss-reactive ketones (excluding diaryl/α,β-unsaturated/α-hetero) is 1. The van der Waals surface area contributed by atoms with Crippen LogP contribution in [-0.4, -0.2) is 31.6 Å². The molecule has 0 bridgehead atoms. The number of methoxy groups -OCH3 is 1. The van der Waals surface area contributed by atoms with Gasteiger partial charge in [0.1, 0.15) is 11.3 Å². The zero-order valence-corrected chi connectivity index (χ0v) is 11.2. The smallest absolute Gasteiger partial charge is 0.413 e. The molecule has 1 heterocycles. The standard InChI is InChI=1S/C12H15NO6/c1-5-18-11(15)9-8(6(2)14)7(3)19-10(9)13-12(16)17-4/h5H2,1-4H3,(H,13,16). The number of furan rings is 1. The second-order valence-electron chi connectivity index (χ2n) is 3.63. The Labute approximate surface area is 109 Å². The van der Waals surface area contributed by atoms with Crippen LogP contribution in [0, 0.1) is 6.92 Å². The second kappa shape index (κ2) is 6.03. The van der Waals surface area contributed by atoms with E-state index in [0.717, 1.165) is 0 Å². The van der Waals surface area contributed by atoms with Crippen molar-refractivity contribution < 1.29 is 28.3 Å². The van der Waals surface area contributed by atoms with Crippen LogP contribution in [0.2, 0.25) is 0 Å². The number of aryl methyl sites for hydroxylation is 1. The van der Waals surface area contributed by atoms with Gasteiger partial charge in [0, 0.05) is 0 Å². The van der Waals surface area contributed by atoms with Crippen LogP contribution in [0.15, 0.2) is 4.42 Å². The first-order valence-electron chi connectivity index (χ1n) is 5.58. The molecule has 0 aliphatic rings. The summed E-state index contributed by atoms with van der Waals surface area (Å²) in [5.74, 6) is -1.03. The molecule has 104 valence electrons. The van der Waals surface area contributed by atoms with Crippen molar-refractivity contribution >= 4 is 23.7 Å². The molecule has 1 N–H and O–H groups in total. The Balaban J connectivity index is 3.30. The Morgan fingerprint density at radius 1 is 1.26 bits per heavy atom. The Morgan fingerprint density at radius 2 is 1.89 bits per heavy atom. The molecule has 1 aromatic rings. The number of amides is 1. The summed E-state index contributed by atoms with van der Waals surface area (Å²) in [7, 11) is 1.17. The molecule has 0 atom stereocenters. The van der Waals surface area contributed by atoms with Crippen LogP contribution in [0.25, 0.3) is 0 Å². The number of carbonyl (C=O) groups excluding carboxylic acids is 3. The van der Waals surface area contributed by atoms with Crippen LogP contribution < -0.4 is 5.32 Å². The van der Waals surface area contributed by atoms with Crippen LogP contribution in [0.5, 0.6) is 0 Å². The molecule has 0 unspecified atom stereocenters. The van der Waals surface area contributed by atoms with E-state index >= 15 is 0 Å². The topological polar surface area (TPSA) is 94.8 Å². The van der Waals surface area contributed by atoms with E-state index in [9.17, 15) is 14.4 Å². The maximum atomic E-state index is 11.8. The average Bonchev–Trinajstić information content (AvgIpc) is 2.66. The number of rotatable bonds is 4. The number of ether oxygens (including phenoxy) is 2. The zero-order chi connectivity index (χ0) is 14.6. The third-order valence-electron chi connectivity index (χ3n) is 2.32. The number of carbonyl (C=O) groups is 3. The van der Waals surface area contributed by atoms with Crippen molar-refractivity contribution in [3.8, 4) is 0 Å². The highest BCUT2D eigenvalue weighted by Gasteiger charge is 2.28. The van der Waals surface area contributed by atoms with Crippen molar-refractivity contribution in [1.29, 1.82) is 0 Å². The molecule has 1 rings (SSSR count). The fraction of sp³-hybridized carbons (Fsp3) is 0.417. The van der Waals surface area contributed by atoms with E-state index in [1.54, 1.807) is 6.92 Å². The summed E-state index contributed by atoms with van der Waals surface area (Å²) in [6, 6.07) is 0. The van der Waals surface area contributed by atoms with Crippen molar-refractivity contribution in [2.45, 2.75) is 20.8 Å². The van der Waals surface area contributed by atoms with Crippen LogP contribution in [-0.2, 0) is 9.47 Å². The van der Waals surface area contributed by atoms with Gasteiger partial charge >= 0.3 is 12.1 Å². The number of anilines is 1. The zero-order valence-electron chi connectivity index (χ0n) is 11.2. The van der Waals surface area contributed by atoms with E-state index in [1.165, 1.54) is 21.0 Å². The van der Waals surface area contributed by atoms with Gasteiger partial charge in [0.2, 0.25) is 5.88 Å². The minimum Gasteiger partial charge on any atom is -0.462 e. The van der Waals surface area contributed by atoms with Gasteiger partial charge in [-0.1, -0.05) is 0 Å². The van der Waals surface area contributed by atoms with Crippen molar-refractivity contribution in [3.05, 3.63) is 16.9 Å². The molecule has 7 heteroatoms. The van der Waals surface area contributed by atoms with Gasteiger partial charge in [-0.05, 0) is 20.8 Å². The van der Waals surface area contributed by atoms with Gasteiger partial charge in [-0.25, -0.2) is 9.59 Å². The van der Waals surface area contributed by atoms with Crippen molar-refractivity contribution in [2.75, 3.05) is 19.0 Å². The van der Waals surface area contributed by atoms with Crippen LogP contribution in [0.4, 0.5) is 10.7 Å². The second-order valence-corrected chi connectivity index (χ2v) is 3.63. The average molecular weight is 269 g/mol. The summed E-state index contributed by atoms with van der Waals surface area (Å²) in [6.07, 6.45) is -0.811. The van der Waals surface area contributed by atoms with E-state index in [1.807, 2.05) is 0 Å². The molecule has 19 heavy (non-hydrogen) atoms. The summed E-state index contributed by atoms with van der Waals surface area (Å²) >= 11 is 0. The summed E-state index contributed by atoms with van der Waals surface area (Å²) in [4.78, 5) is 34.6. The highest BCUT2D eigenvalue weighted by atomic mass is 16.5. The number of nitrogens with one attached hydrogen (secondary N) is 1. The maximum Gasteiger partial charge on any atom is 0.413 e. The Kier molecular flexibility index (Phi) is 4.68. The van der Waals surface area contributed by atoms with E-state index in [2.05, 4.69) is 10.1 Å². The summed E-state index contributed by atoms with van der Waals surface area (Å²) in [5, 5.41) is 2.23. The molecular formula is C12H15NO6. The fourth-order valence-electron chi connectivity index (χ4n) is 1.60. The molecule has 0 fully saturated rings. The normalized spacial score (nSPS) is 9.89. The predicted octanol–water partition coefficient (Wildman–Crippen LogP) is 2.15. The number of esters is 1. The van der Waals surface area contributed by atoms with Gasteiger partial charge < -0.3 is 13.9 Å². The van der Waals surface area contributed by atoms with Gasteiger partial charge in [-0.2, -0.15) is 0 Å². The summed E-state index contributed by atoms with van der Waals surface area (Å²) < 4.78 is 14.5. The molecule has 0 spiro atoms. The van der Waals surface area contributed by atoms with Crippen LogP contribution >= 0.6 is 0 Å². The SMILES string of the molecule is CCOC(=O)c1c(NC(=O)OC)oc(C)c1C(C)=O. The van der Waals surface area contributed by atoms with Crippen molar-refractivity contribution in [2.24, 2.45) is 0 Å². The molecule has 7 nitrogen and oxygen atoms in total. The lowest BCUT2D eigenvalue weighted by atomic mass is 10.1. The van der Waals surface area contributed by atoms with Crippen molar-refractivity contribution in [3.63, 3.8) is 0 Å². The van der Waals surface area contributed by atoms with E-state index in [-0.39, 0.29) is 35.2 Å². The van der Waals surface area contributed by atoms with Crippen LogP contribution in [0.1, 0.15) is 40.3 Å². The molecule has 0 aliphatic carbocycles. The Bertz CT molecular complexity index is 517. The number of ketones is 1. The van der Waals surface area contributed by atoms with Gasteiger partial charge in [0.25, 0.3) is 0 Å². The van der Waals surface area contributed by atoms with Crippen molar-refractivity contribution in [1.82, 2.24) is 0 Å². The lowest BCUT2D eigenvalue weighted by molar-refractivity contribution is 0.0524. The maximum absolute atomic E-state index is 11.8. The first kappa shape index (κ1) is 14.7. The number of hydrogen-bond acceptors (Lipinski definition) is 6. The first-order valence-corrected chi connectivity index (χ1v) is 5.58. The molecule has 1 aromatic heterocycles. The molecule has 0 saturated carbocycles. The fourth-order valence-corrected chi connectivity index (χ4v) is 1.60. The van der Waals surface area contributed by atoms with Gasteiger partial charge in [-0.3, -0.25) is 10.1 Å². The molecule has 0 aliphatic heterocycles. The quantitative estimate of drug-likeness (QED) is 0.664. The minimum atomic E-state index is -0.811. The molecule has 0 radical (unpaired) electrons. The third-order valence-corrected chi connectivity index (χ3v) is 2.32. The van der Waals surface area contributed by atoms with E-state index < -0.39 is 12.1 Å². The number of hydrogen-bond donors (Lipinski definition) is 1. The Hall–Kier alpha value is -2.31. The highest BCUT2D eigenvalue weighted by molar-refractivity contribution is 6.10. The Morgan fingerprint density at radius 3 is 2.37 bits per heavy atom. The summed E-state index contributed by atoms with van der Waals surface area (Å²) in [6.45, 7) is 4.58. The molecular weight excluding hydrogens is 254 g/mol.